The van der Waals surface area contributed by atoms with Crippen LogP contribution in [-0.4, -0.2) is 29.1 Å². The molecule has 5 nitrogen and oxygen atoms in total. The Balaban J connectivity index is 1.90. The molecule has 1 fully saturated rings. The lowest BCUT2D eigenvalue weighted by Crippen LogP contribution is -2.31. The van der Waals surface area contributed by atoms with Gasteiger partial charge in [0, 0.05) is 31.5 Å². The smallest absolute Gasteiger partial charge is 0.251 e. The van der Waals surface area contributed by atoms with Crippen molar-refractivity contribution in [3.05, 3.63) is 29.6 Å². The highest BCUT2D eigenvalue weighted by molar-refractivity contribution is 5.94. The van der Waals surface area contributed by atoms with Crippen LogP contribution >= 0.6 is 0 Å². The van der Waals surface area contributed by atoms with Crippen molar-refractivity contribution in [3.63, 3.8) is 0 Å². The van der Waals surface area contributed by atoms with Crippen LogP contribution in [0.1, 0.15) is 35.3 Å². The number of hydrogen-bond acceptors (Lipinski definition) is 4. The molecular weight excluding hydrogens is 242 g/mol. The molecule has 2 unspecified atom stereocenters. The summed E-state index contributed by atoms with van der Waals surface area (Å²) in [6, 6.07) is 3.40. The third-order valence-electron chi connectivity index (χ3n) is 3.86. The fourth-order valence-corrected chi connectivity index (χ4v) is 2.68. The average molecular weight is 263 g/mol. The van der Waals surface area contributed by atoms with Gasteiger partial charge in [-0.1, -0.05) is 6.42 Å². The molecular formula is C14H21N3O2. The number of nitrogens with two attached hydrogens (primary N) is 1. The van der Waals surface area contributed by atoms with Crippen molar-refractivity contribution in [1.82, 2.24) is 10.3 Å². The lowest BCUT2D eigenvalue weighted by Gasteiger charge is -2.17. The molecule has 2 atom stereocenters. The SMILES string of the molecule is NCc1cc(C(=O)NCC2CCCC2CO)ccn1. The molecule has 0 aromatic carbocycles. The minimum absolute atomic E-state index is 0.0966. The van der Waals surface area contributed by atoms with Crippen molar-refractivity contribution in [2.24, 2.45) is 17.6 Å². The second-order valence-electron chi connectivity index (χ2n) is 5.08. The maximum atomic E-state index is 12.0. The molecule has 1 aliphatic rings. The quantitative estimate of drug-likeness (QED) is 0.729. The first-order valence-electron chi connectivity index (χ1n) is 6.78. The molecule has 4 N–H and O–H groups in total. The highest BCUT2D eigenvalue weighted by atomic mass is 16.3. The second kappa shape index (κ2) is 6.63. The zero-order valence-corrected chi connectivity index (χ0v) is 11.0. The summed E-state index contributed by atoms with van der Waals surface area (Å²) < 4.78 is 0. The third kappa shape index (κ3) is 3.52. The average Bonchev–Trinajstić information content (AvgIpc) is 2.92. The van der Waals surface area contributed by atoms with E-state index in [1.807, 2.05) is 0 Å². The number of hydrogen-bond donors (Lipinski definition) is 3. The summed E-state index contributed by atoms with van der Waals surface area (Å²) >= 11 is 0. The van der Waals surface area contributed by atoms with E-state index in [1.165, 1.54) is 0 Å². The number of nitrogens with zero attached hydrogens (tertiary/aromatic N) is 1. The van der Waals surface area contributed by atoms with E-state index in [-0.39, 0.29) is 12.5 Å². The Labute approximate surface area is 113 Å². The molecule has 5 heteroatoms. The number of carbonyl (C=O) groups excluding carboxylic acids is 1. The highest BCUT2D eigenvalue weighted by Gasteiger charge is 2.26. The summed E-state index contributed by atoms with van der Waals surface area (Å²) in [6.07, 6.45) is 4.88. The molecule has 0 spiro atoms. The highest BCUT2D eigenvalue weighted by Crippen LogP contribution is 2.30. The summed E-state index contributed by atoms with van der Waals surface area (Å²) in [5.74, 6) is 0.628. The number of nitrogens with one attached hydrogen (secondary N) is 1. The molecule has 1 aromatic heterocycles. The van der Waals surface area contributed by atoms with Gasteiger partial charge < -0.3 is 16.2 Å². The van der Waals surface area contributed by atoms with Gasteiger partial charge in [-0.2, -0.15) is 0 Å². The molecule has 1 saturated carbocycles. The standard InChI is InChI=1S/C14H21N3O2/c15-7-13-6-10(4-5-16-13)14(19)17-8-11-2-1-3-12(11)9-18/h4-6,11-12,18H,1-3,7-9,15H2,(H,17,19). The van der Waals surface area contributed by atoms with E-state index in [4.69, 9.17) is 5.73 Å². The first kappa shape index (κ1) is 14.0. The Kier molecular flexibility index (Phi) is 4.87. The van der Waals surface area contributed by atoms with Gasteiger partial charge in [0.2, 0.25) is 0 Å². The van der Waals surface area contributed by atoms with Crippen LogP contribution in [0.15, 0.2) is 18.3 Å². The van der Waals surface area contributed by atoms with Crippen LogP contribution in [0.25, 0.3) is 0 Å². The molecule has 19 heavy (non-hydrogen) atoms. The molecule has 0 aliphatic heterocycles. The number of aliphatic hydroxyl groups excluding tert-OH is 1. The maximum Gasteiger partial charge on any atom is 0.251 e. The van der Waals surface area contributed by atoms with E-state index in [9.17, 15) is 9.90 Å². The van der Waals surface area contributed by atoms with Crippen molar-refractivity contribution < 1.29 is 9.90 Å². The first-order chi connectivity index (χ1) is 9.24. The molecule has 1 aromatic rings. The van der Waals surface area contributed by atoms with Crippen LogP contribution in [0, 0.1) is 11.8 Å². The summed E-state index contributed by atoms with van der Waals surface area (Å²) in [6.45, 7) is 1.17. The van der Waals surface area contributed by atoms with E-state index >= 15 is 0 Å². The third-order valence-corrected chi connectivity index (χ3v) is 3.86. The number of pyridine rings is 1. The van der Waals surface area contributed by atoms with Crippen LogP contribution in [-0.2, 0) is 6.54 Å². The Hall–Kier alpha value is -1.46. The maximum absolute atomic E-state index is 12.0. The lowest BCUT2D eigenvalue weighted by molar-refractivity contribution is 0.0937. The predicted molar refractivity (Wildman–Crippen MR) is 72.4 cm³/mol. The van der Waals surface area contributed by atoms with Crippen molar-refractivity contribution in [2.45, 2.75) is 25.8 Å². The minimum atomic E-state index is -0.0966. The first-order valence-corrected chi connectivity index (χ1v) is 6.78. The molecule has 1 aliphatic carbocycles. The molecule has 1 heterocycles. The van der Waals surface area contributed by atoms with Gasteiger partial charge in [0.1, 0.15) is 0 Å². The van der Waals surface area contributed by atoms with Gasteiger partial charge >= 0.3 is 0 Å². The number of aliphatic hydroxyl groups is 1. The van der Waals surface area contributed by atoms with E-state index in [1.54, 1.807) is 18.3 Å². The number of amides is 1. The molecule has 104 valence electrons. The Morgan fingerprint density at radius 2 is 2.26 bits per heavy atom. The van der Waals surface area contributed by atoms with Crippen LogP contribution in [0.2, 0.25) is 0 Å². The molecule has 2 rings (SSSR count). The van der Waals surface area contributed by atoms with Gasteiger partial charge in [0.25, 0.3) is 5.91 Å². The lowest BCUT2D eigenvalue weighted by atomic mass is 9.97. The molecule has 0 radical (unpaired) electrons. The van der Waals surface area contributed by atoms with Gasteiger partial charge in [-0.3, -0.25) is 9.78 Å². The van der Waals surface area contributed by atoms with Crippen LogP contribution < -0.4 is 11.1 Å². The van der Waals surface area contributed by atoms with Gasteiger partial charge in [-0.15, -0.1) is 0 Å². The summed E-state index contributed by atoms with van der Waals surface area (Å²) in [5.41, 5.74) is 6.81. The molecule has 0 bridgehead atoms. The summed E-state index contributed by atoms with van der Waals surface area (Å²) in [5, 5.41) is 12.2. The van der Waals surface area contributed by atoms with Crippen LogP contribution in [0.3, 0.4) is 0 Å². The Bertz CT molecular complexity index is 436. The van der Waals surface area contributed by atoms with Gasteiger partial charge in [-0.05, 0) is 36.8 Å². The van der Waals surface area contributed by atoms with Crippen molar-refractivity contribution >= 4 is 5.91 Å². The van der Waals surface area contributed by atoms with E-state index in [2.05, 4.69) is 10.3 Å². The number of carbonyl (C=O) groups is 1. The van der Waals surface area contributed by atoms with Gasteiger partial charge in [-0.25, -0.2) is 0 Å². The normalized spacial score (nSPS) is 22.4. The van der Waals surface area contributed by atoms with E-state index in [0.717, 1.165) is 19.3 Å². The minimum Gasteiger partial charge on any atom is -0.396 e. The van der Waals surface area contributed by atoms with Crippen LogP contribution in [0.5, 0.6) is 0 Å². The van der Waals surface area contributed by atoms with Crippen molar-refractivity contribution in [3.8, 4) is 0 Å². The number of aromatic nitrogens is 1. The largest absolute Gasteiger partial charge is 0.396 e. The van der Waals surface area contributed by atoms with E-state index in [0.29, 0.717) is 36.2 Å². The zero-order valence-electron chi connectivity index (χ0n) is 11.0. The Morgan fingerprint density at radius 3 is 3.00 bits per heavy atom. The fourth-order valence-electron chi connectivity index (χ4n) is 2.68. The second-order valence-corrected chi connectivity index (χ2v) is 5.08. The molecule has 1 amide bonds. The fraction of sp³-hybridized carbons (Fsp3) is 0.571. The summed E-state index contributed by atoms with van der Waals surface area (Å²) in [4.78, 5) is 16.1. The monoisotopic (exact) mass is 263 g/mol. The van der Waals surface area contributed by atoms with Crippen molar-refractivity contribution in [2.75, 3.05) is 13.2 Å². The predicted octanol–water partition coefficient (Wildman–Crippen LogP) is 0.679. The van der Waals surface area contributed by atoms with E-state index < -0.39 is 0 Å². The summed E-state index contributed by atoms with van der Waals surface area (Å²) in [7, 11) is 0. The number of rotatable bonds is 5. The van der Waals surface area contributed by atoms with Gasteiger partial charge in [0.05, 0.1) is 5.69 Å². The van der Waals surface area contributed by atoms with Gasteiger partial charge in [0.15, 0.2) is 0 Å². The van der Waals surface area contributed by atoms with Crippen molar-refractivity contribution in [1.29, 1.82) is 0 Å². The Morgan fingerprint density at radius 1 is 1.47 bits per heavy atom. The zero-order chi connectivity index (χ0) is 13.7. The topological polar surface area (TPSA) is 88.2 Å². The molecule has 0 saturated heterocycles. The van der Waals surface area contributed by atoms with Crippen LogP contribution in [0.4, 0.5) is 0 Å².